The number of hydrogen-bond acceptors (Lipinski definition) is 11. The molecule has 0 saturated carbocycles. The molecule has 6 rings (SSSR count). The van der Waals surface area contributed by atoms with E-state index in [1.807, 2.05) is 12.1 Å². The van der Waals surface area contributed by atoms with Gasteiger partial charge in [-0.3, -0.25) is 14.6 Å². The van der Waals surface area contributed by atoms with Gasteiger partial charge in [0.2, 0.25) is 5.12 Å². The Balaban J connectivity index is 1.42. The average molecular weight is 555 g/mol. The van der Waals surface area contributed by atoms with Gasteiger partial charge in [0, 0.05) is 18.0 Å². The molecular formula is C25H18N10O2S2. The van der Waals surface area contributed by atoms with E-state index >= 15 is 0 Å². The number of H-pyrrole nitrogens is 2. The van der Waals surface area contributed by atoms with Crippen LogP contribution in [0.3, 0.4) is 0 Å². The molecule has 5 aromatic heterocycles. The molecule has 2 atom stereocenters. The second kappa shape index (κ2) is 11.0. The molecule has 0 radical (unpaired) electrons. The quantitative estimate of drug-likeness (QED) is 0.186. The summed E-state index contributed by atoms with van der Waals surface area (Å²) < 4.78 is 0. The van der Waals surface area contributed by atoms with Gasteiger partial charge >= 0.3 is 0 Å². The summed E-state index contributed by atoms with van der Waals surface area (Å²) in [5, 5.41) is 2.97. The van der Waals surface area contributed by atoms with Crippen molar-refractivity contribution in [2.24, 2.45) is 0 Å². The summed E-state index contributed by atoms with van der Waals surface area (Å²) in [5.74, 6) is -0.396. The molecule has 0 saturated heterocycles. The smallest absolute Gasteiger partial charge is 0.251 e. The lowest BCUT2D eigenvalue weighted by molar-refractivity contribution is -0.112. The number of nitrogens with one attached hydrogen (secondary N) is 3. The van der Waals surface area contributed by atoms with Crippen molar-refractivity contribution in [2.45, 2.75) is 21.3 Å². The van der Waals surface area contributed by atoms with Gasteiger partial charge in [0.15, 0.2) is 11.3 Å². The Morgan fingerprint density at radius 1 is 0.795 bits per heavy atom. The molecule has 12 nitrogen and oxygen atoms in total. The zero-order valence-corrected chi connectivity index (χ0v) is 21.6. The third-order valence-corrected chi connectivity index (χ3v) is 7.99. The predicted molar refractivity (Wildman–Crippen MR) is 145 cm³/mol. The Morgan fingerprint density at radius 3 is 2.18 bits per heavy atom. The van der Waals surface area contributed by atoms with Gasteiger partial charge in [0.05, 0.1) is 17.9 Å². The van der Waals surface area contributed by atoms with Gasteiger partial charge in [-0.1, -0.05) is 36.0 Å². The van der Waals surface area contributed by atoms with Crippen molar-refractivity contribution >= 4 is 56.9 Å². The second-order valence-corrected chi connectivity index (χ2v) is 10.2. The molecule has 0 fully saturated rings. The number of carbonyl (C=O) groups is 2. The van der Waals surface area contributed by atoms with E-state index in [2.05, 4.69) is 50.2 Å². The van der Waals surface area contributed by atoms with Crippen molar-refractivity contribution in [1.29, 1.82) is 0 Å². The van der Waals surface area contributed by atoms with Crippen LogP contribution in [0, 0.1) is 0 Å². The summed E-state index contributed by atoms with van der Waals surface area (Å²) in [7, 11) is 0. The van der Waals surface area contributed by atoms with Crippen molar-refractivity contribution in [3.63, 3.8) is 0 Å². The number of hydrogen-bond donors (Lipinski definition) is 3. The van der Waals surface area contributed by atoms with Crippen LogP contribution in [0.1, 0.15) is 21.2 Å². The highest BCUT2D eigenvalue weighted by atomic mass is 32.2. The van der Waals surface area contributed by atoms with Crippen LogP contribution in [0.4, 0.5) is 0 Å². The van der Waals surface area contributed by atoms with Crippen LogP contribution in [0.2, 0.25) is 0 Å². The first-order chi connectivity index (χ1) is 19.2. The second-order valence-electron chi connectivity index (χ2n) is 8.12. The first-order valence-corrected chi connectivity index (χ1v) is 13.3. The lowest BCUT2D eigenvalue weighted by Crippen LogP contribution is -2.43. The molecule has 0 spiro atoms. The molecular weight excluding hydrogens is 536 g/mol. The van der Waals surface area contributed by atoms with E-state index < -0.39 is 17.2 Å². The number of aromatic amines is 2. The van der Waals surface area contributed by atoms with E-state index in [1.54, 1.807) is 42.7 Å². The van der Waals surface area contributed by atoms with Crippen LogP contribution in [-0.4, -0.2) is 61.9 Å². The largest absolute Gasteiger partial charge is 0.341 e. The molecule has 2 unspecified atom stereocenters. The van der Waals surface area contributed by atoms with E-state index in [-0.39, 0.29) is 5.12 Å². The van der Waals surface area contributed by atoms with Crippen LogP contribution in [0.15, 0.2) is 90.2 Å². The minimum Gasteiger partial charge on any atom is -0.341 e. The molecule has 14 heteroatoms. The molecule has 39 heavy (non-hydrogen) atoms. The van der Waals surface area contributed by atoms with E-state index in [9.17, 15) is 9.59 Å². The first kappa shape index (κ1) is 24.6. The van der Waals surface area contributed by atoms with Gasteiger partial charge in [0.25, 0.3) is 5.91 Å². The number of benzene rings is 1. The Bertz CT molecular complexity index is 1760. The third kappa shape index (κ3) is 5.19. The lowest BCUT2D eigenvalue weighted by Gasteiger charge is -2.26. The number of rotatable bonds is 8. The number of pyridine rings is 1. The number of aromatic nitrogens is 9. The van der Waals surface area contributed by atoms with E-state index in [4.69, 9.17) is 0 Å². The Labute approximate surface area is 229 Å². The van der Waals surface area contributed by atoms with E-state index in [0.29, 0.717) is 37.9 Å². The standard InChI is InChI=1S/C25H18N10O2S2/c36-22(14-5-2-1-3-6-14)35-16(25(37)39-24-18-21(30-11-28-18)32-13-34-24)19(15-7-4-8-26-9-15)38-23-17-20(29-10-27-17)31-12-33-23/h1-13,16,19H,(H,35,36)(H,27,29,31,33)(H,28,30,32,34). The summed E-state index contributed by atoms with van der Waals surface area (Å²) in [6, 6.07) is 11.3. The maximum Gasteiger partial charge on any atom is 0.251 e. The first-order valence-electron chi connectivity index (χ1n) is 11.6. The molecule has 5 heterocycles. The van der Waals surface area contributed by atoms with Crippen molar-refractivity contribution in [3.8, 4) is 0 Å². The number of fused-ring (bicyclic) bond motifs is 2. The normalized spacial score (nSPS) is 12.8. The number of nitrogens with zero attached hydrogens (tertiary/aromatic N) is 7. The SMILES string of the molecule is O=C(NC(C(=O)Sc1ncnc2nc[nH]c12)C(Sc1ncnc2nc[nH]c12)c1cccnc1)c1ccccc1. The van der Waals surface area contributed by atoms with Crippen LogP contribution >= 0.6 is 23.5 Å². The fourth-order valence-electron chi connectivity index (χ4n) is 3.88. The Kier molecular flexibility index (Phi) is 6.93. The fraction of sp³-hybridized carbons (Fsp3) is 0.0800. The zero-order chi connectivity index (χ0) is 26.6. The monoisotopic (exact) mass is 554 g/mol. The number of amides is 1. The van der Waals surface area contributed by atoms with Gasteiger partial charge in [-0.25, -0.2) is 29.9 Å². The average Bonchev–Trinajstić information content (AvgIpc) is 3.66. The van der Waals surface area contributed by atoms with Crippen LogP contribution in [0.25, 0.3) is 22.3 Å². The van der Waals surface area contributed by atoms with Crippen LogP contribution in [0.5, 0.6) is 0 Å². The highest BCUT2D eigenvalue weighted by Gasteiger charge is 2.35. The van der Waals surface area contributed by atoms with Crippen molar-refractivity contribution in [1.82, 2.24) is 50.2 Å². The molecule has 0 aliphatic carbocycles. The van der Waals surface area contributed by atoms with Crippen LogP contribution < -0.4 is 5.32 Å². The predicted octanol–water partition coefficient (Wildman–Crippen LogP) is 3.37. The molecule has 1 aromatic carbocycles. The Hall–Kier alpha value is -4.69. The molecule has 6 aromatic rings. The van der Waals surface area contributed by atoms with Crippen molar-refractivity contribution in [3.05, 3.63) is 91.3 Å². The van der Waals surface area contributed by atoms with E-state index in [0.717, 1.165) is 17.3 Å². The summed E-state index contributed by atoms with van der Waals surface area (Å²) in [6.45, 7) is 0. The zero-order valence-electron chi connectivity index (χ0n) is 19.9. The maximum absolute atomic E-state index is 14.0. The van der Waals surface area contributed by atoms with Crippen molar-refractivity contribution < 1.29 is 9.59 Å². The summed E-state index contributed by atoms with van der Waals surface area (Å²) in [6.07, 6.45) is 9.09. The molecule has 0 aliphatic heterocycles. The number of carbonyl (C=O) groups excluding carboxylic acids is 2. The van der Waals surface area contributed by atoms with Gasteiger partial charge < -0.3 is 15.3 Å². The topological polar surface area (TPSA) is 168 Å². The lowest BCUT2D eigenvalue weighted by atomic mass is 10.1. The molecule has 192 valence electrons. The Morgan fingerprint density at radius 2 is 1.49 bits per heavy atom. The summed E-state index contributed by atoms with van der Waals surface area (Å²) >= 11 is 2.20. The molecule has 3 N–H and O–H groups in total. The molecule has 0 aliphatic rings. The van der Waals surface area contributed by atoms with Gasteiger partial charge in [-0.15, -0.1) is 0 Å². The van der Waals surface area contributed by atoms with Gasteiger partial charge in [0.1, 0.15) is 39.8 Å². The van der Waals surface area contributed by atoms with Crippen molar-refractivity contribution in [2.75, 3.05) is 0 Å². The maximum atomic E-state index is 14.0. The van der Waals surface area contributed by atoms with Gasteiger partial charge in [-0.05, 0) is 35.5 Å². The minimum absolute atomic E-state index is 0.342. The molecule has 1 amide bonds. The summed E-state index contributed by atoms with van der Waals surface area (Å²) in [4.78, 5) is 63.1. The highest BCUT2D eigenvalue weighted by Crippen LogP contribution is 2.41. The number of imidazole rings is 2. The van der Waals surface area contributed by atoms with Gasteiger partial charge in [-0.2, -0.15) is 0 Å². The minimum atomic E-state index is -1.02. The van der Waals surface area contributed by atoms with E-state index in [1.165, 1.54) is 37.1 Å². The third-order valence-electron chi connectivity index (χ3n) is 5.70. The number of thioether (sulfide) groups is 2. The molecule has 0 bridgehead atoms. The summed E-state index contributed by atoms with van der Waals surface area (Å²) in [5.41, 5.74) is 3.22. The highest BCUT2D eigenvalue weighted by molar-refractivity contribution is 8.14. The fourth-order valence-corrected chi connectivity index (χ4v) is 6.05. The van der Waals surface area contributed by atoms with Crippen LogP contribution in [-0.2, 0) is 4.79 Å².